The molecular formula is C16H22N2O3. The standard InChI is InChI=1S/C16H22N2O3/c1-2-14(19)18-13-7-5-6-12(10-13)15(20)17-11-16(21)8-3-4-9-16/h5-7,10,21H,2-4,8-9,11H2,1H3,(H,17,20)(H,18,19). The van der Waals surface area contributed by atoms with Gasteiger partial charge in [0, 0.05) is 24.2 Å². The normalized spacial score (nSPS) is 16.5. The molecule has 1 aromatic rings. The summed E-state index contributed by atoms with van der Waals surface area (Å²) in [4.78, 5) is 23.5. The summed E-state index contributed by atoms with van der Waals surface area (Å²) >= 11 is 0. The van der Waals surface area contributed by atoms with Gasteiger partial charge in [-0.15, -0.1) is 0 Å². The van der Waals surface area contributed by atoms with E-state index in [4.69, 9.17) is 0 Å². The second kappa shape index (κ2) is 6.72. The van der Waals surface area contributed by atoms with E-state index in [-0.39, 0.29) is 18.4 Å². The van der Waals surface area contributed by atoms with Gasteiger partial charge in [0.1, 0.15) is 0 Å². The van der Waals surface area contributed by atoms with E-state index in [1.54, 1.807) is 31.2 Å². The molecule has 0 unspecified atom stereocenters. The third kappa shape index (κ3) is 4.29. The van der Waals surface area contributed by atoms with Crippen molar-refractivity contribution in [2.45, 2.75) is 44.6 Å². The topological polar surface area (TPSA) is 78.4 Å². The monoisotopic (exact) mass is 290 g/mol. The molecule has 0 heterocycles. The van der Waals surface area contributed by atoms with Gasteiger partial charge in [-0.2, -0.15) is 0 Å². The average molecular weight is 290 g/mol. The fourth-order valence-electron chi connectivity index (χ4n) is 2.54. The molecule has 0 aromatic heterocycles. The first kappa shape index (κ1) is 15.5. The fourth-order valence-corrected chi connectivity index (χ4v) is 2.54. The largest absolute Gasteiger partial charge is 0.388 e. The van der Waals surface area contributed by atoms with Gasteiger partial charge in [-0.1, -0.05) is 25.8 Å². The summed E-state index contributed by atoms with van der Waals surface area (Å²) in [5, 5.41) is 15.7. The molecule has 1 fully saturated rings. The van der Waals surface area contributed by atoms with Crippen LogP contribution in [0.3, 0.4) is 0 Å². The van der Waals surface area contributed by atoms with E-state index in [9.17, 15) is 14.7 Å². The Bertz CT molecular complexity index is 522. The third-order valence-corrected chi connectivity index (χ3v) is 3.84. The van der Waals surface area contributed by atoms with Gasteiger partial charge in [0.2, 0.25) is 5.91 Å². The highest BCUT2D eigenvalue weighted by atomic mass is 16.3. The Balaban J connectivity index is 1.95. The number of carbonyl (C=O) groups excluding carboxylic acids is 2. The lowest BCUT2D eigenvalue weighted by molar-refractivity contribution is -0.115. The summed E-state index contributed by atoms with van der Waals surface area (Å²) in [7, 11) is 0. The summed E-state index contributed by atoms with van der Waals surface area (Å²) in [6.45, 7) is 2.05. The predicted octanol–water partition coefficient (Wildman–Crippen LogP) is 2.07. The molecule has 1 saturated carbocycles. The van der Waals surface area contributed by atoms with Crippen molar-refractivity contribution in [2.24, 2.45) is 0 Å². The number of rotatable bonds is 5. The second-order valence-electron chi connectivity index (χ2n) is 5.60. The molecule has 2 rings (SSSR count). The molecule has 2 amide bonds. The van der Waals surface area contributed by atoms with Crippen molar-refractivity contribution in [3.05, 3.63) is 29.8 Å². The quantitative estimate of drug-likeness (QED) is 0.777. The van der Waals surface area contributed by atoms with Gasteiger partial charge in [0.25, 0.3) is 5.91 Å². The Labute approximate surface area is 124 Å². The minimum absolute atomic E-state index is 0.0900. The molecule has 0 bridgehead atoms. The molecule has 0 radical (unpaired) electrons. The highest BCUT2D eigenvalue weighted by Gasteiger charge is 2.31. The maximum atomic E-state index is 12.1. The van der Waals surface area contributed by atoms with E-state index >= 15 is 0 Å². The Kier molecular flexibility index (Phi) is 4.96. The minimum Gasteiger partial charge on any atom is -0.388 e. The number of aliphatic hydroxyl groups is 1. The van der Waals surface area contributed by atoms with E-state index < -0.39 is 5.60 Å². The van der Waals surface area contributed by atoms with Crippen molar-refractivity contribution in [3.8, 4) is 0 Å². The van der Waals surface area contributed by atoms with Crippen molar-refractivity contribution >= 4 is 17.5 Å². The van der Waals surface area contributed by atoms with E-state index in [0.29, 0.717) is 17.7 Å². The zero-order valence-corrected chi connectivity index (χ0v) is 12.3. The second-order valence-corrected chi connectivity index (χ2v) is 5.60. The van der Waals surface area contributed by atoms with Gasteiger partial charge >= 0.3 is 0 Å². The fraction of sp³-hybridized carbons (Fsp3) is 0.500. The van der Waals surface area contributed by atoms with Crippen LogP contribution in [0.4, 0.5) is 5.69 Å². The molecule has 114 valence electrons. The van der Waals surface area contributed by atoms with Crippen molar-refractivity contribution in [1.82, 2.24) is 5.32 Å². The third-order valence-electron chi connectivity index (χ3n) is 3.84. The summed E-state index contributed by atoms with van der Waals surface area (Å²) in [6, 6.07) is 6.80. The zero-order chi connectivity index (χ0) is 15.3. The summed E-state index contributed by atoms with van der Waals surface area (Å²) in [5.41, 5.74) is 0.323. The maximum absolute atomic E-state index is 12.1. The molecule has 21 heavy (non-hydrogen) atoms. The van der Waals surface area contributed by atoms with Gasteiger partial charge in [0.15, 0.2) is 0 Å². The van der Waals surface area contributed by atoms with Crippen molar-refractivity contribution in [3.63, 3.8) is 0 Å². The molecule has 0 atom stereocenters. The molecular weight excluding hydrogens is 268 g/mol. The number of carbonyl (C=O) groups is 2. The first-order valence-electron chi connectivity index (χ1n) is 7.43. The first-order chi connectivity index (χ1) is 10.0. The molecule has 1 aliphatic rings. The van der Waals surface area contributed by atoms with Crippen LogP contribution in [0, 0.1) is 0 Å². The van der Waals surface area contributed by atoms with Crippen LogP contribution in [-0.2, 0) is 4.79 Å². The Morgan fingerprint density at radius 1 is 1.29 bits per heavy atom. The van der Waals surface area contributed by atoms with Gasteiger partial charge in [0.05, 0.1) is 5.60 Å². The Morgan fingerprint density at radius 2 is 2.00 bits per heavy atom. The van der Waals surface area contributed by atoms with Crippen molar-refractivity contribution < 1.29 is 14.7 Å². The van der Waals surface area contributed by atoms with Gasteiger partial charge in [-0.3, -0.25) is 9.59 Å². The lowest BCUT2D eigenvalue weighted by atomic mass is 10.0. The summed E-state index contributed by atoms with van der Waals surface area (Å²) in [6.07, 6.45) is 3.87. The molecule has 3 N–H and O–H groups in total. The minimum atomic E-state index is -0.760. The average Bonchev–Trinajstić information content (AvgIpc) is 2.92. The molecule has 1 aromatic carbocycles. The van der Waals surface area contributed by atoms with Crippen LogP contribution in [0.5, 0.6) is 0 Å². The molecule has 0 saturated heterocycles. The van der Waals surface area contributed by atoms with E-state index in [2.05, 4.69) is 10.6 Å². The number of hydrogen-bond acceptors (Lipinski definition) is 3. The zero-order valence-electron chi connectivity index (χ0n) is 12.3. The van der Waals surface area contributed by atoms with Crippen molar-refractivity contribution in [2.75, 3.05) is 11.9 Å². The molecule has 5 nitrogen and oxygen atoms in total. The Hall–Kier alpha value is -1.88. The SMILES string of the molecule is CCC(=O)Nc1cccc(C(=O)NCC2(O)CCCC2)c1. The van der Waals surface area contributed by atoms with Crippen LogP contribution in [0.15, 0.2) is 24.3 Å². The highest BCUT2D eigenvalue weighted by Crippen LogP contribution is 2.28. The van der Waals surface area contributed by atoms with E-state index in [1.165, 1.54) is 0 Å². The van der Waals surface area contributed by atoms with Crippen LogP contribution in [0.25, 0.3) is 0 Å². The lowest BCUT2D eigenvalue weighted by Crippen LogP contribution is -2.40. The van der Waals surface area contributed by atoms with Crippen LogP contribution in [0.2, 0.25) is 0 Å². The molecule has 0 aliphatic heterocycles. The van der Waals surface area contributed by atoms with Gasteiger partial charge in [-0.05, 0) is 31.0 Å². The highest BCUT2D eigenvalue weighted by molar-refractivity contribution is 5.97. The Morgan fingerprint density at radius 3 is 2.67 bits per heavy atom. The van der Waals surface area contributed by atoms with E-state index in [0.717, 1.165) is 25.7 Å². The van der Waals surface area contributed by atoms with Gasteiger partial charge in [-0.25, -0.2) is 0 Å². The maximum Gasteiger partial charge on any atom is 0.251 e. The van der Waals surface area contributed by atoms with Crippen LogP contribution >= 0.6 is 0 Å². The smallest absolute Gasteiger partial charge is 0.251 e. The molecule has 1 aliphatic carbocycles. The summed E-state index contributed by atoms with van der Waals surface area (Å²) < 4.78 is 0. The number of hydrogen-bond donors (Lipinski definition) is 3. The number of benzene rings is 1. The van der Waals surface area contributed by atoms with Crippen molar-refractivity contribution in [1.29, 1.82) is 0 Å². The first-order valence-corrected chi connectivity index (χ1v) is 7.43. The number of amides is 2. The van der Waals surface area contributed by atoms with E-state index in [1.807, 2.05) is 0 Å². The van der Waals surface area contributed by atoms with Gasteiger partial charge < -0.3 is 15.7 Å². The summed E-state index contributed by atoms with van der Waals surface area (Å²) in [5.74, 6) is -0.323. The van der Waals surface area contributed by atoms with Crippen LogP contribution < -0.4 is 10.6 Å². The van der Waals surface area contributed by atoms with Crippen LogP contribution in [-0.4, -0.2) is 29.1 Å². The van der Waals surface area contributed by atoms with Crippen LogP contribution in [0.1, 0.15) is 49.4 Å². The molecule has 0 spiro atoms. The predicted molar refractivity (Wildman–Crippen MR) is 81.1 cm³/mol. The lowest BCUT2D eigenvalue weighted by Gasteiger charge is -2.22. The molecule has 5 heteroatoms. The number of nitrogens with one attached hydrogen (secondary N) is 2. The number of anilines is 1.